The first-order chi connectivity index (χ1) is 23.3. The van der Waals surface area contributed by atoms with E-state index in [0.717, 1.165) is 72.9 Å². The van der Waals surface area contributed by atoms with E-state index in [0.29, 0.717) is 38.4 Å². The lowest BCUT2D eigenvalue weighted by Crippen LogP contribution is -2.66. The number of hydrogen-bond acceptors (Lipinski definition) is 7. The van der Waals surface area contributed by atoms with Gasteiger partial charge in [-0.3, -0.25) is 0 Å². The largest absolute Gasteiger partial charge is 0.379 e. The van der Waals surface area contributed by atoms with Crippen molar-refractivity contribution >= 4 is 11.3 Å². The highest BCUT2D eigenvalue weighted by atomic mass is 32.1. The number of unbranched alkanes of at least 4 members (excludes halogenated alkanes) is 4. The third-order valence-corrected chi connectivity index (χ3v) is 10.1. The van der Waals surface area contributed by atoms with Gasteiger partial charge in [-0.05, 0) is 79.6 Å². The van der Waals surface area contributed by atoms with E-state index in [4.69, 9.17) is 23.7 Å². The molecule has 3 aromatic rings. The maximum atomic E-state index is 13.5. The lowest BCUT2D eigenvalue weighted by molar-refractivity contribution is -0.375. The second kappa shape index (κ2) is 19.9. The SMILES string of the molecule is CCCCOC[C@H]1OC(O)(c2ccc(C)c(Cc3ccc(-c4ccc(F)cc4)s3)c2)[C@H](OCCCC)[C@@H](OCCCC)[C@@H]1OCCCC. The molecule has 266 valence electrons. The van der Waals surface area contributed by atoms with E-state index in [9.17, 15) is 9.50 Å². The summed E-state index contributed by atoms with van der Waals surface area (Å²) >= 11 is 1.69. The van der Waals surface area contributed by atoms with E-state index in [1.807, 2.05) is 24.3 Å². The average Bonchev–Trinajstić information content (AvgIpc) is 3.55. The van der Waals surface area contributed by atoms with Gasteiger partial charge in [0.05, 0.1) is 6.61 Å². The van der Waals surface area contributed by atoms with Crippen LogP contribution in [0.5, 0.6) is 0 Å². The Morgan fingerprint density at radius 3 is 2.06 bits per heavy atom. The van der Waals surface area contributed by atoms with Crippen LogP contribution in [-0.4, -0.2) is 62.6 Å². The summed E-state index contributed by atoms with van der Waals surface area (Å²) in [5.41, 5.74) is 3.83. The second-order valence-corrected chi connectivity index (χ2v) is 14.1. The van der Waals surface area contributed by atoms with Gasteiger partial charge in [0.15, 0.2) is 0 Å². The van der Waals surface area contributed by atoms with Gasteiger partial charge < -0.3 is 28.8 Å². The Kier molecular flexibility index (Phi) is 16.0. The molecular weight excluding hydrogens is 627 g/mol. The smallest absolute Gasteiger partial charge is 0.222 e. The molecule has 4 rings (SSSR count). The van der Waals surface area contributed by atoms with Gasteiger partial charge in [-0.25, -0.2) is 4.39 Å². The minimum atomic E-state index is -1.79. The number of aryl methyl sites for hydroxylation is 1. The first-order valence-electron chi connectivity index (χ1n) is 18.1. The molecule has 1 aromatic heterocycles. The monoisotopic (exact) mass is 684 g/mol. The Hall–Kier alpha value is -2.17. The Morgan fingerprint density at radius 2 is 1.40 bits per heavy atom. The van der Waals surface area contributed by atoms with Crippen molar-refractivity contribution in [1.29, 1.82) is 0 Å². The van der Waals surface area contributed by atoms with Crippen LogP contribution in [0.15, 0.2) is 54.6 Å². The minimum Gasteiger partial charge on any atom is -0.379 e. The van der Waals surface area contributed by atoms with Crippen LogP contribution >= 0.6 is 11.3 Å². The van der Waals surface area contributed by atoms with E-state index in [1.54, 1.807) is 11.3 Å². The van der Waals surface area contributed by atoms with E-state index >= 15 is 0 Å². The van der Waals surface area contributed by atoms with Crippen molar-refractivity contribution in [3.63, 3.8) is 0 Å². The van der Waals surface area contributed by atoms with Crippen LogP contribution in [-0.2, 0) is 35.9 Å². The molecule has 1 saturated heterocycles. The van der Waals surface area contributed by atoms with E-state index in [-0.39, 0.29) is 12.4 Å². The molecule has 0 aliphatic carbocycles. The molecule has 2 heterocycles. The predicted octanol–water partition coefficient (Wildman–Crippen LogP) is 9.37. The summed E-state index contributed by atoms with van der Waals surface area (Å²) in [6.07, 6.45) is 5.93. The molecule has 5 atom stereocenters. The number of thiophene rings is 1. The van der Waals surface area contributed by atoms with Gasteiger partial charge in [0.2, 0.25) is 5.79 Å². The molecule has 2 aromatic carbocycles. The molecule has 0 saturated carbocycles. The van der Waals surface area contributed by atoms with Gasteiger partial charge in [-0.2, -0.15) is 0 Å². The highest BCUT2D eigenvalue weighted by Crippen LogP contribution is 2.42. The van der Waals surface area contributed by atoms with Gasteiger partial charge in [0.25, 0.3) is 0 Å². The first kappa shape index (κ1) is 38.6. The summed E-state index contributed by atoms with van der Waals surface area (Å²) in [6, 6.07) is 16.9. The van der Waals surface area contributed by atoms with Gasteiger partial charge in [0, 0.05) is 48.2 Å². The van der Waals surface area contributed by atoms with Crippen LogP contribution in [0.2, 0.25) is 0 Å². The van der Waals surface area contributed by atoms with Gasteiger partial charge in [-0.1, -0.05) is 77.6 Å². The summed E-state index contributed by atoms with van der Waals surface area (Å²) in [6.45, 7) is 13.1. The quantitative estimate of drug-likeness (QED) is 0.113. The summed E-state index contributed by atoms with van der Waals surface area (Å²) in [5, 5.41) is 12.8. The van der Waals surface area contributed by atoms with Gasteiger partial charge in [-0.15, -0.1) is 11.3 Å². The lowest BCUT2D eigenvalue weighted by atomic mass is 9.86. The fourth-order valence-electron chi connectivity index (χ4n) is 5.97. The molecule has 8 heteroatoms. The Bertz CT molecular complexity index is 1350. The molecular formula is C40H57FO6S. The molecule has 0 spiro atoms. The summed E-state index contributed by atoms with van der Waals surface area (Å²) in [5.74, 6) is -2.03. The van der Waals surface area contributed by atoms with Crippen LogP contribution in [0.1, 0.15) is 101 Å². The fourth-order valence-corrected chi connectivity index (χ4v) is 7.00. The molecule has 1 fully saturated rings. The summed E-state index contributed by atoms with van der Waals surface area (Å²) in [7, 11) is 0. The molecule has 1 aliphatic heterocycles. The van der Waals surface area contributed by atoms with Crippen molar-refractivity contribution in [2.75, 3.05) is 33.0 Å². The highest BCUT2D eigenvalue weighted by Gasteiger charge is 2.57. The van der Waals surface area contributed by atoms with Crippen LogP contribution < -0.4 is 0 Å². The molecule has 48 heavy (non-hydrogen) atoms. The third kappa shape index (κ3) is 10.4. The molecule has 0 amide bonds. The van der Waals surface area contributed by atoms with E-state index in [2.05, 4.69) is 52.8 Å². The van der Waals surface area contributed by atoms with Crippen molar-refractivity contribution in [1.82, 2.24) is 0 Å². The topological polar surface area (TPSA) is 66.4 Å². The third-order valence-electron chi connectivity index (χ3n) is 8.96. The zero-order valence-electron chi connectivity index (χ0n) is 29.7. The second-order valence-electron chi connectivity index (χ2n) is 12.9. The maximum absolute atomic E-state index is 13.5. The minimum absolute atomic E-state index is 0.241. The molecule has 1 unspecified atom stereocenters. The molecule has 6 nitrogen and oxygen atoms in total. The Morgan fingerprint density at radius 1 is 0.771 bits per heavy atom. The predicted molar refractivity (Wildman–Crippen MR) is 192 cm³/mol. The first-order valence-corrected chi connectivity index (χ1v) is 18.9. The summed E-state index contributed by atoms with van der Waals surface area (Å²) < 4.78 is 46.1. The van der Waals surface area contributed by atoms with Crippen molar-refractivity contribution in [3.05, 3.63) is 82.0 Å². The zero-order chi connectivity index (χ0) is 34.4. The number of halogens is 1. The summed E-state index contributed by atoms with van der Waals surface area (Å²) in [4.78, 5) is 2.26. The van der Waals surface area contributed by atoms with Crippen molar-refractivity contribution in [2.24, 2.45) is 0 Å². The average molecular weight is 685 g/mol. The van der Waals surface area contributed by atoms with Crippen molar-refractivity contribution in [2.45, 2.75) is 123 Å². The van der Waals surface area contributed by atoms with E-state index in [1.165, 1.54) is 17.0 Å². The van der Waals surface area contributed by atoms with Gasteiger partial charge in [0.1, 0.15) is 30.2 Å². The number of aliphatic hydroxyl groups is 1. The fraction of sp³-hybridized carbons (Fsp3) is 0.600. The van der Waals surface area contributed by atoms with Crippen LogP contribution in [0.3, 0.4) is 0 Å². The molecule has 0 radical (unpaired) electrons. The molecule has 1 aliphatic rings. The number of rotatable bonds is 21. The lowest BCUT2D eigenvalue weighted by Gasteiger charge is -2.50. The van der Waals surface area contributed by atoms with Crippen molar-refractivity contribution in [3.8, 4) is 10.4 Å². The molecule has 1 N–H and O–H groups in total. The van der Waals surface area contributed by atoms with Crippen LogP contribution in [0.4, 0.5) is 4.39 Å². The number of hydrogen-bond donors (Lipinski definition) is 1. The Labute approximate surface area is 291 Å². The van der Waals surface area contributed by atoms with Crippen LogP contribution in [0.25, 0.3) is 10.4 Å². The number of ether oxygens (including phenoxy) is 5. The van der Waals surface area contributed by atoms with Crippen LogP contribution in [0, 0.1) is 12.7 Å². The normalized spacial score (nSPS) is 22.7. The van der Waals surface area contributed by atoms with Gasteiger partial charge >= 0.3 is 0 Å². The maximum Gasteiger partial charge on any atom is 0.222 e. The highest BCUT2D eigenvalue weighted by molar-refractivity contribution is 7.15. The standard InChI is InChI=1S/C40H57FO6S/c1-6-10-22-43-28-35-37(44-23-11-7-2)38(45-24-12-8-3)39(46-25-13-9-4)40(42,47-35)32-17-14-29(5)31(26-32)27-34-20-21-36(48-34)30-15-18-33(41)19-16-30/h14-21,26,35,37-39,42H,6-13,22-25,27-28H2,1-5H3/t35-,37-,38+,39-,40?/m1/s1. The van der Waals surface area contributed by atoms with E-state index < -0.39 is 30.2 Å². The van der Waals surface area contributed by atoms with Crippen molar-refractivity contribution < 1.29 is 33.2 Å². The Balaban J connectivity index is 1.70. The number of benzene rings is 2. The zero-order valence-corrected chi connectivity index (χ0v) is 30.5. The molecule has 0 bridgehead atoms.